The molecule has 1 amide bonds. The summed E-state index contributed by atoms with van der Waals surface area (Å²) < 4.78 is 4.50. The molecule has 8 nitrogen and oxygen atoms in total. The minimum atomic E-state index is -1.56. The average molecular weight is 295 g/mol. The molecule has 0 aliphatic rings. The van der Waals surface area contributed by atoms with Crippen molar-refractivity contribution in [2.24, 2.45) is 0 Å². The molecule has 0 saturated heterocycles. The summed E-state index contributed by atoms with van der Waals surface area (Å²) in [6, 6.07) is 3.88. The Hall–Kier alpha value is -2.90. The molecular formula is C13H13NO7. The molecule has 0 aromatic heterocycles. The molecule has 1 aromatic rings. The second kappa shape index (κ2) is 7.04. The number of rotatable bonds is 6. The number of benzene rings is 1. The van der Waals surface area contributed by atoms with E-state index in [9.17, 15) is 19.2 Å². The second-order valence-corrected chi connectivity index (χ2v) is 4.03. The Labute approximate surface area is 119 Å². The molecule has 0 bridgehead atoms. The van der Waals surface area contributed by atoms with Crippen molar-refractivity contribution in [3.05, 3.63) is 35.4 Å². The van der Waals surface area contributed by atoms with Crippen LogP contribution in [0.15, 0.2) is 24.3 Å². The molecule has 8 heteroatoms. The fourth-order valence-corrected chi connectivity index (χ4v) is 1.52. The monoisotopic (exact) mass is 295 g/mol. The topological polar surface area (TPSA) is 130 Å². The summed E-state index contributed by atoms with van der Waals surface area (Å²) in [5, 5.41) is 19.5. The van der Waals surface area contributed by atoms with Gasteiger partial charge < -0.3 is 20.3 Å². The zero-order valence-electron chi connectivity index (χ0n) is 11.0. The fourth-order valence-electron chi connectivity index (χ4n) is 1.52. The van der Waals surface area contributed by atoms with Crippen LogP contribution in [-0.2, 0) is 14.3 Å². The van der Waals surface area contributed by atoms with E-state index in [0.29, 0.717) is 0 Å². The van der Waals surface area contributed by atoms with Gasteiger partial charge in [0.15, 0.2) is 0 Å². The van der Waals surface area contributed by atoms with E-state index in [1.807, 2.05) is 0 Å². The lowest BCUT2D eigenvalue weighted by Gasteiger charge is -2.12. The normalized spacial score (nSPS) is 11.3. The Balaban J connectivity index is 2.90. The van der Waals surface area contributed by atoms with Crippen molar-refractivity contribution >= 4 is 23.8 Å². The van der Waals surface area contributed by atoms with Crippen molar-refractivity contribution in [2.75, 3.05) is 7.11 Å². The number of carboxylic acids is 2. The van der Waals surface area contributed by atoms with Crippen LogP contribution in [0.4, 0.5) is 0 Å². The van der Waals surface area contributed by atoms with Gasteiger partial charge in [-0.05, 0) is 18.2 Å². The van der Waals surface area contributed by atoms with Crippen LogP contribution >= 0.6 is 0 Å². The Bertz CT molecular complexity index is 582. The van der Waals surface area contributed by atoms with Crippen molar-refractivity contribution in [1.29, 1.82) is 0 Å². The highest BCUT2D eigenvalue weighted by Crippen LogP contribution is 2.07. The minimum absolute atomic E-state index is 0.0227. The van der Waals surface area contributed by atoms with Gasteiger partial charge in [0.2, 0.25) is 0 Å². The SMILES string of the molecule is COC(=O)c1cccc(C(=O)NC(CC(=O)O)C(=O)O)c1. The summed E-state index contributed by atoms with van der Waals surface area (Å²) >= 11 is 0. The lowest BCUT2D eigenvalue weighted by atomic mass is 10.1. The summed E-state index contributed by atoms with van der Waals surface area (Å²) in [6.07, 6.45) is -0.752. The third-order valence-electron chi connectivity index (χ3n) is 2.53. The Morgan fingerprint density at radius 1 is 1.19 bits per heavy atom. The first-order valence-corrected chi connectivity index (χ1v) is 5.79. The maximum absolute atomic E-state index is 11.9. The van der Waals surface area contributed by atoms with Crippen LogP contribution in [0.25, 0.3) is 0 Å². The molecule has 21 heavy (non-hydrogen) atoms. The van der Waals surface area contributed by atoms with Crippen LogP contribution in [0.2, 0.25) is 0 Å². The first kappa shape index (κ1) is 16.2. The van der Waals surface area contributed by atoms with Gasteiger partial charge in [-0.15, -0.1) is 0 Å². The molecule has 0 spiro atoms. The molecule has 0 aliphatic heterocycles. The fraction of sp³-hybridized carbons (Fsp3) is 0.231. The maximum Gasteiger partial charge on any atom is 0.337 e. The Kier molecular flexibility index (Phi) is 5.41. The van der Waals surface area contributed by atoms with Gasteiger partial charge in [-0.1, -0.05) is 6.07 Å². The van der Waals surface area contributed by atoms with Crippen LogP contribution < -0.4 is 5.32 Å². The zero-order valence-corrected chi connectivity index (χ0v) is 11.0. The summed E-state index contributed by atoms with van der Waals surface area (Å²) in [5.74, 6) is -4.26. The molecule has 0 aliphatic carbocycles. The molecule has 0 fully saturated rings. The number of carboxylic acid groups (broad SMARTS) is 2. The van der Waals surface area contributed by atoms with E-state index in [1.165, 1.54) is 31.4 Å². The number of esters is 1. The first-order chi connectivity index (χ1) is 9.85. The molecule has 1 atom stereocenters. The molecule has 1 unspecified atom stereocenters. The van der Waals surface area contributed by atoms with E-state index < -0.39 is 36.3 Å². The van der Waals surface area contributed by atoms with Crippen LogP contribution in [0.5, 0.6) is 0 Å². The van der Waals surface area contributed by atoms with E-state index in [2.05, 4.69) is 10.1 Å². The Morgan fingerprint density at radius 3 is 2.33 bits per heavy atom. The molecule has 1 aromatic carbocycles. The molecule has 3 N–H and O–H groups in total. The average Bonchev–Trinajstić information content (AvgIpc) is 2.45. The molecule has 0 heterocycles. The number of methoxy groups -OCH3 is 1. The van der Waals surface area contributed by atoms with Gasteiger partial charge in [-0.2, -0.15) is 0 Å². The quantitative estimate of drug-likeness (QED) is 0.636. The van der Waals surface area contributed by atoms with Crippen molar-refractivity contribution in [3.63, 3.8) is 0 Å². The van der Waals surface area contributed by atoms with Gasteiger partial charge in [0.05, 0.1) is 19.1 Å². The molecular weight excluding hydrogens is 282 g/mol. The van der Waals surface area contributed by atoms with Gasteiger partial charge in [0.25, 0.3) is 5.91 Å². The maximum atomic E-state index is 11.9. The predicted molar refractivity (Wildman–Crippen MR) is 68.9 cm³/mol. The molecule has 1 rings (SSSR count). The minimum Gasteiger partial charge on any atom is -0.481 e. The summed E-state index contributed by atoms with van der Waals surface area (Å²) in [4.78, 5) is 44.6. The van der Waals surface area contributed by atoms with E-state index in [1.54, 1.807) is 0 Å². The standard InChI is InChI=1S/C13H13NO7/c1-21-13(20)8-4-2-3-7(5-8)11(17)14-9(12(18)19)6-10(15)16/h2-5,9H,6H2,1H3,(H,14,17)(H,15,16)(H,18,19). The Morgan fingerprint density at radius 2 is 1.81 bits per heavy atom. The van der Waals surface area contributed by atoms with Crippen LogP contribution in [0.1, 0.15) is 27.1 Å². The predicted octanol–water partition coefficient (Wildman–Crippen LogP) is 0.131. The van der Waals surface area contributed by atoms with Crippen LogP contribution in [-0.4, -0.2) is 47.2 Å². The third-order valence-corrected chi connectivity index (χ3v) is 2.53. The van der Waals surface area contributed by atoms with Crippen LogP contribution in [0, 0.1) is 0 Å². The number of hydrogen-bond acceptors (Lipinski definition) is 5. The van der Waals surface area contributed by atoms with Crippen LogP contribution in [0.3, 0.4) is 0 Å². The lowest BCUT2D eigenvalue weighted by Crippen LogP contribution is -2.42. The van der Waals surface area contributed by atoms with Gasteiger partial charge in [-0.25, -0.2) is 9.59 Å². The lowest BCUT2D eigenvalue weighted by molar-refractivity contribution is -0.145. The summed E-state index contributed by atoms with van der Waals surface area (Å²) in [5.41, 5.74) is 0.143. The smallest absolute Gasteiger partial charge is 0.337 e. The van der Waals surface area contributed by atoms with Gasteiger partial charge >= 0.3 is 17.9 Å². The molecule has 0 radical (unpaired) electrons. The molecule has 112 valence electrons. The number of hydrogen-bond donors (Lipinski definition) is 3. The second-order valence-electron chi connectivity index (χ2n) is 4.03. The van der Waals surface area contributed by atoms with E-state index in [4.69, 9.17) is 10.2 Å². The number of carbonyl (C=O) groups is 4. The van der Waals surface area contributed by atoms with E-state index >= 15 is 0 Å². The zero-order chi connectivity index (χ0) is 16.0. The largest absolute Gasteiger partial charge is 0.481 e. The molecule has 0 saturated carbocycles. The van der Waals surface area contributed by atoms with E-state index in [0.717, 1.165) is 0 Å². The van der Waals surface area contributed by atoms with Gasteiger partial charge in [-0.3, -0.25) is 9.59 Å². The number of carbonyl (C=O) groups excluding carboxylic acids is 2. The number of nitrogens with one attached hydrogen (secondary N) is 1. The number of ether oxygens (including phenoxy) is 1. The van der Waals surface area contributed by atoms with Crippen molar-refractivity contribution in [3.8, 4) is 0 Å². The first-order valence-electron chi connectivity index (χ1n) is 5.79. The van der Waals surface area contributed by atoms with Gasteiger partial charge in [0.1, 0.15) is 6.04 Å². The van der Waals surface area contributed by atoms with Gasteiger partial charge in [0, 0.05) is 5.56 Å². The number of aliphatic carboxylic acids is 2. The highest BCUT2D eigenvalue weighted by Gasteiger charge is 2.23. The van der Waals surface area contributed by atoms with E-state index in [-0.39, 0.29) is 11.1 Å². The summed E-state index contributed by atoms with van der Waals surface area (Å²) in [6.45, 7) is 0. The van der Waals surface area contributed by atoms with Crippen molar-refractivity contribution < 1.29 is 34.1 Å². The number of amides is 1. The third kappa shape index (κ3) is 4.60. The summed E-state index contributed by atoms with van der Waals surface area (Å²) in [7, 11) is 1.18. The van der Waals surface area contributed by atoms with Crippen molar-refractivity contribution in [2.45, 2.75) is 12.5 Å². The highest BCUT2D eigenvalue weighted by molar-refractivity contribution is 5.99. The highest BCUT2D eigenvalue weighted by atomic mass is 16.5. The van der Waals surface area contributed by atoms with Crippen molar-refractivity contribution in [1.82, 2.24) is 5.32 Å².